The van der Waals surface area contributed by atoms with E-state index in [9.17, 15) is 9.90 Å². The fourth-order valence-electron chi connectivity index (χ4n) is 2.71. The molecule has 0 aliphatic rings. The van der Waals surface area contributed by atoms with E-state index in [0.717, 1.165) is 11.1 Å². The maximum atomic E-state index is 12.7. The van der Waals surface area contributed by atoms with Gasteiger partial charge in [-0.3, -0.25) is 0 Å². The highest BCUT2D eigenvalue weighted by atomic mass is 16.6. The van der Waals surface area contributed by atoms with Crippen molar-refractivity contribution in [2.24, 2.45) is 0 Å². The first-order chi connectivity index (χ1) is 12.8. The van der Waals surface area contributed by atoms with E-state index in [1.54, 1.807) is 24.3 Å². The number of phenols is 1. The molecule has 0 bridgehead atoms. The minimum atomic E-state index is -0.586. The molecule has 4 heteroatoms. The number of anilines is 2. The SMILES string of the molecule is CC(C)(C)OC(=O)c1ccc(-c2ccccc2)cc1Nc1cccc(O)c1. The molecule has 3 aromatic carbocycles. The average molecular weight is 361 g/mol. The molecule has 0 fully saturated rings. The molecule has 0 radical (unpaired) electrons. The monoisotopic (exact) mass is 361 g/mol. The minimum absolute atomic E-state index is 0.151. The van der Waals surface area contributed by atoms with E-state index in [1.165, 1.54) is 0 Å². The van der Waals surface area contributed by atoms with Crippen molar-refractivity contribution in [2.75, 3.05) is 5.32 Å². The summed E-state index contributed by atoms with van der Waals surface area (Å²) in [7, 11) is 0. The number of phenolic OH excluding ortho intramolecular Hbond substituents is 1. The van der Waals surface area contributed by atoms with Gasteiger partial charge in [-0.2, -0.15) is 0 Å². The molecule has 0 unspecified atom stereocenters. The van der Waals surface area contributed by atoms with Gasteiger partial charge in [0.2, 0.25) is 0 Å². The molecule has 0 atom stereocenters. The molecule has 27 heavy (non-hydrogen) atoms. The summed E-state index contributed by atoms with van der Waals surface area (Å²) in [5, 5.41) is 13.0. The van der Waals surface area contributed by atoms with Crippen LogP contribution < -0.4 is 5.32 Å². The zero-order valence-electron chi connectivity index (χ0n) is 15.7. The third-order valence-corrected chi connectivity index (χ3v) is 3.87. The zero-order valence-corrected chi connectivity index (χ0v) is 15.7. The summed E-state index contributed by atoms with van der Waals surface area (Å²) in [5.41, 5.74) is 3.18. The number of ether oxygens (including phenoxy) is 1. The smallest absolute Gasteiger partial charge is 0.340 e. The molecule has 0 aliphatic heterocycles. The van der Waals surface area contributed by atoms with Gasteiger partial charge in [-0.25, -0.2) is 4.79 Å². The lowest BCUT2D eigenvalue weighted by atomic mass is 10.0. The van der Waals surface area contributed by atoms with Crippen LogP contribution in [0.1, 0.15) is 31.1 Å². The van der Waals surface area contributed by atoms with Crippen molar-refractivity contribution in [3.63, 3.8) is 0 Å². The summed E-state index contributed by atoms with van der Waals surface area (Å²) in [6.45, 7) is 5.52. The third-order valence-electron chi connectivity index (χ3n) is 3.87. The molecular formula is C23H23NO3. The fraction of sp³-hybridized carbons (Fsp3) is 0.174. The van der Waals surface area contributed by atoms with Crippen LogP contribution in [0, 0.1) is 0 Å². The average Bonchev–Trinajstić information content (AvgIpc) is 2.61. The zero-order chi connectivity index (χ0) is 19.4. The van der Waals surface area contributed by atoms with Gasteiger partial charge in [0.15, 0.2) is 0 Å². The standard InChI is InChI=1S/C23H23NO3/c1-23(2,3)27-22(26)20-13-12-17(16-8-5-4-6-9-16)14-21(20)24-18-10-7-11-19(25)15-18/h4-15,24-25H,1-3H3. The first-order valence-corrected chi connectivity index (χ1v) is 8.81. The van der Waals surface area contributed by atoms with Crippen LogP contribution in [0.4, 0.5) is 11.4 Å². The van der Waals surface area contributed by atoms with Crippen LogP contribution in [0.2, 0.25) is 0 Å². The molecule has 138 valence electrons. The number of rotatable bonds is 4. The lowest BCUT2D eigenvalue weighted by Crippen LogP contribution is -2.24. The van der Waals surface area contributed by atoms with Gasteiger partial charge in [0.1, 0.15) is 11.4 Å². The largest absolute Gasteiger partial charge is 0.508 e. The Labute approximate surface area is 159 Å². The van der Waals surface area contributed by atoms with E-state index in [-0.39, 0.29) is 5.75 Å². The Morgan fingerprint density at radius 2 is 1.63 bits per heavy atom. The summed E-state index contributed by atoms with van der Waals surface area (Å²) >= 11 is 0. The Kier molecular flexibility index (Phi) is 5.17. The van der Waals surface area contributed by atoms with Crippen LogP contribution in [0.25, 0.3) is 11.1 Å². The molecule has 3 aromatic rings. The highest BCUT2D eigenvalue weighted by Crippen LogP contribution is 2.30. The second-order valence-corrected chi connectivity index (χ2v) is 7.30. The number of carbonyl (C=O) groups is 1. The molecule has 0 aliphatic carbocycles. The first-order valence-electron chi connectivity index (χ1n) is 8.81. The predicted octanol–water partition coefficient (Wildman–Crippen LogP) is 5.76. The van der Waals surface area contributed by atoms with E-state index in [4.69, 9.17) is 4.74 Å². The molecule has 0 aromatic heterocycles. The lowest BCUT2D eigenvalue weighted by Gasteiger charge is -2.21. The van der Waals surface area contributed by atoms with E-state index in [2.05, 4.69) is 5.32 Å². The molecule has 0 saturated carbocycles. The van der Waals surface area contributed by atoms with Crippen LogP contribution in [-0.2, 0) is 4.74 Å². The molecule has 3 rings (SSSR count). The summed E-state index contributed by atoms with van der Waals surface area (Å²) in [6.07, 6.45) is 0. The quantitative estimate of drug-likeness (QED) is 0.580. The number of esters is 1. The van der Waals surface area contributed by atoms with Crippen molar-refractivity contribution in [3.05, 3.63) is 78.4 Å². The molecule has 4 nitrogen and oxygen atoms in total. The summed E-state index contributed by atoms with van der Waals surface area (Å²) in [5.74, 6) is -0.247. The van der Waals surface area contributed by atoms with Crippen molar-refractivity contribution in [3.8, 4) is 16.9 Å². The van der Waals surface area contributed by atoms with Crippen molar-refractivity contribution in [1.29, 1.82) is 0 Å². The van der Waals surface area contributed by atoms with Crippen molar-refractivity contribution in [2.45, 2.75) is 26.4 Å². The van der Waals surface area contributed by atoms with Crippen molar-refractivity contribution < 1.29 is 14.6 Å². The highest BCUT2D eigenvalue weighted by molar-refractivity contribution is 5.98. The fourth-order valence-corrected chi connectivity index (χ4v) is 2.71. The summed E-state index contributed by atoms with van der Waals surface area (Å²) in [4.78, 5) is 12.7. The van der Waals surface area contributed by atoms with Crippen LogP contribution in [0.5, 0.6) is 5.75 Å². The maximum absolute atomic E-state index is 12.7. The van der Waals surface area contributed by atoms with Gasteiger partial charge in [0.05, 0.1) is 11.3 Å². The van der Waals surface area contributed by atoms with Crippen molar-refractivity contribution in [1.82, 2.24) is 0 Å². The Morgan fingerprint density at radius 1 is 0.889 bits per heavy atom. The van der Waals surface area contributed by atoms with Gasteiger partial charge in [-0.15, -0.1) is 0 Å². The Morgan fingerprint density at radius 3 is 2.30 bits per heavy atom. The lowest BCUT2D eigenvalue weighted by molar-refractivity contribution is 0.00708. The number of benzene rings is 3. The summed E-state index contributed by atoms with van der Waals surface area (Å²) < 4.78 is 5.54. The molecule has 0 heterocycles. The second-order valence-electron chi connectivity index (χ2n) is 7.30. The number of aromatic hydroxyl groups is 1. The van der Waals surface area contributed by atoms with E-state index in [1.807, 2.05) is 69.3 Å². The van der Waals surface area contributed by atoms with Gasteiger partial charge in [-0.1, -0.05) is 42.5 Å². The van der Waals surface area contributed by atoms with Gasteiger partial charge in [0, 0.05) is 11.8 Å². The third kappa shape index (κ3) is 4.88. The van der Waals surface area contributed by atoms with Gasteiger partial charge in [-0.05, 0) is 56.2 Å². The normalized spacial score (nSPS) is 11.1. The number of hydrogen-bond donors (Lipinski definition) is 2. The topological polar surface area (TPSA) is 58.6 Å². The minimum Gasteiger partial charge on any atom is -0.508 e. The van der Waals surface area contributed by atoms with Crippen LogP contribution in [0.15, 0.2) is 72.8 Å². The van der Waals surface area contributed by atoms with E-state index < -0.39 is 11.6 Å². The Bertz CT molecular complexity index is 943. The second kappa shape index (κ2) is 7.54. The molecule has 0 spiro atoms. The Hall–Kier alpha value is -3.27. The van der Waals surface area contributed by atoms with Gasteiger partial charge in [0.25, 0.3) is 0 Å². The number of nitrogens with one attached hydrogen (secondary N) is 1. The van der Waals surface area contributed by atoms with Crippen LogP contribution >= 0.6 is 0 Å². The number of hydrogen-bond acceptors (Lipinski definition) is 4. The predicted molar refractivity (Wildman–Crippen MR) is 108 cm³/mol. The van der Waals surface area contributed by atoms with Gasteiger partial charge >= 0.3 is 5.97 Å². The van der Waals surface area contributed by atoms with Crippen molar-refractivity contribution >= 4 is 17.3 Å². The molecular weight excluding hydrogens is 338 g/mol. The molecule has 0 amide bonds. The maximum Gasteiger partial charge on any atom is 0.340 e. The van der Waals surface area contributed by atoms with Gasteiger partial charge < -0.3 is 15.2 Å². The molecule has 2 N–H and O–H groups in total. The van der Waals surface area contributed by atoms with E-state index >= 15 is 0 Å². The molecule has 0 saturated heterocycles. The first kappa shape index (κ1) is 18.5. The van der Waals surface area contributed by atoms with E-state index in [0.29, 0.717) is 16.9 Å². The highest BCUT2D eigenvalue weighted by Gasteiger charge is 2.21. The summed E-state index contributed by atoms with van der Waals surface area (Å²) in [6, 6.07) is 22.3. The Balaban J connectivity index is 2.03. The number of carbonyl (C=O) groups excluding carboxylic acids is 1. The van der Waals surface area contributed by atoms with Crippen LogP contribution in [0.3, 0.4) is 0 Å². The van der Waals surface area contributed by atoms with Crippen LogP contribution in [-0.4, -0.2) is 16.7 Å².